The van der Waals surface area contributed by atoms with Gasteiger partial charge in [-0.2, -0.15) is 0 Å². The first-order valence-electron chi connectivity index (χ1n) is 6.79. The Morgan fingerprint density at radius 3 is 2.58 bits per heavy atom. The summed E-state index contributed by atoms with van der Waals surface area (Å²) >= 11 is 5.02. The topological polar surface area (TPSA) is 44.5 Å². The molecule has 0 aliphatic heterocycles. The summed E-state index contributed by atoms with van der Waals surface area (Å²) in [6.07, 6.45) is 6.05. The zero-order chi connectivity index (χ0) is 14.1. The molecule has 0 saturated carbocycles. The molecule has 0 heterocycles. The van der Waals surface area contributed by atoms with E-state index < -0.39 is 0 Å². The van der Waals surface area contributed by atoms with E-state index in [9.17, 15) is 0 Å². The zero-order valence-electron chi connectivity index (χ0n) is 11.8. The minimum atomic E-state index is 0.351. The van der Waals surface area contributed by atoms with Crippen LogP contribution in [0.1, 0.15) is 44.6 Å². The van der Waals surface area contributed by atoms with Crippen molar-refractivity contribution < 1.29 is 9.47 Å². The van der Waals surface area contributed by atoms with E-state index in [1.165, 1.54) is 25.7 Å². The Hall–Kier alpha value is -1.29. The van der Waals surface area contributed by atoms with Gasteiger partial charge in [-0.1, -0.05) is 44.8 Å². The van der Waals surface area contributed by atoms with Gasteiger partial charge in [0.1, 0.15) is 16.5 Å². The highest BCUT2D eigenvalue weighted by Crippen LogP contribution is 2.25. The fourth-order valence-electron chi connectivity index (χ4n) is 1.84. The molecule has 0 saturated heterocycles. The second kappa shape index (κ2) is 8.75. The van der Waals surface area contributed by atoms with Gasteiger partial charge in [0.05, 0.1) is 19.3 Å². The molecule has 1 aromatic rings. The van der Waals surface area contributed by atoms with Crippen molar-refractivity contribution in [3.05, 3.63) is 23.8 Å². The first-order valence-corrected chi connectivity index (χ1v) is 7.20. The van der Waals surface area contributed by atoms with Gasteiger partial charge in [0.2, 0.25) is 0 Å². The lowest BCUT2D eigenvalue weighted by Gasteiger charge is -2.12. The third-order valence-electron chi connectivity index (χ3n) is 2.96. The maximum Gasteiger partial charge on any atom is 0.133 e. The number of hydrogen-bond acceptors (Lipinski definition) is 3. The Morgan fingerprint density at radius 1 is 1.21 bits per heavy atom. The monoisotopic (exact) mass is 281 g/mol. The number of hydrogen-bond donors (Lipinski definition) is 1. The van der Waals surface area contributed by atoms with Crippen LogP contribution in [-0.4, -0.2) is 18.7 Å². The summed E-state index contributed by atoms with van der Waals surface area (Å²) in [4.78, 5) is 0.351. The molecule has 2 N–H and O–H groups in total. The Labute approximate surface area is 121 Å². The highest BCUT2D eigenvalue weighted by Gasteiger charge is 2.08. The Balaban J connectivity index is 2.52. The second-order valence-electron chi connectivity index (χ2n) is 4.49. The molecule has 0 atom stereocenters. The van der Waals surface area contributed by atoms with E-state index in [1.807, 2.05) is 18.2 Å². The first-order chi connectivity index (χ1) is 9.19. The number of ether oxygens (including phenoxy) is 2. The standard InChI is InChI=1S/C15H23NO2S/c1-3-4-5-6-7-10-18-14-11-12(17-2)8-9-13(14)15(16)19/h8-9,11H,3-7,10H2,1-2H3,(H2,16,19). The van der Waals surface area contributed by atoms with E-state index in [-0.39, 0.29) is 0 Å². The molecule has 3 nitrogen and oxygen atoms in total. The molecule has 0 radical (unpaired) electrons. The van der Waals surface area contributed by atoms with Crippen LogP contribution in [0.2, 0.25) is 0 Å². The van der Waals surface area contributed by atoms with Crippen LogP contribution in [0.5, 0.6) is 11.5 Å². The number of benzene rings is 1. The normalized spacial score (nSPS) is 10.2. The fraction of sp³-hybridized carbons (Fsp3) is 0.533. The summed E-state index contributed by atoms with van der Waals surface area (Å²) in [5.74, 6) is 1.46. The summed E-state index contributed by atoms with van der Waals surface area (Å²) in [7, 11) is 1.63. The van der Waals surface area contributed by atoms with Crippen LogP contribution in [0.25, 0.3) is 0 Å². The average Bonchev–Trinajstić information content (AvgIpc) is 2.42. The smallest absolute Gasteiger partial charge is 0.133 e. The van der Waals surface area contributed by atoms with Gasteiger partial charge in [0.25, 0.3) is 0 Å². The molecule has 106 valence electrons. The molecular weight excluding hydrogens is 258 g/mol. The summed E-state index contributed by atoms with van der Waals surface area (Å²) in [6.45, 7) is 2.90. The highest BCUT2D eigenvalue weighted by molar-refractivity contribution is 7.80. The maximum atomic E-state index is 5.77. The third-order valence-corrected chi connectivity index (χ3v) is 3.18. The van der Waals surface area contributed by atoms with Crippen molar-refractivity contribution >= 4 is 17.2 Å². The van der Waals surface area contributed by atoms with Gasteiger partial charge in [0, 0.05) is 6.07 Å². The van der Waals surface area contributed by atoms with E-state index in [0.29, 0.717) is 17.3 Å². The van der Waals surface area contributed by atoms with Crippen molar-refractivity contribution in [1.82, 2.24) is 0 Å². The van der Waals surface area contributed by atoms with Gasteiger partial charge < -0.3 is 15.2 Å². The molecule has 0 fully saturated rings. The van der Waals surface area contributed by atoms with Crippen LogP contribution < -0.4 is 15.2 Å². The predicted molar refractivity (Wildman–Crippen MR) is 83.1 cm³/mol. The lowest BCUT2D eigenvalue weighted by Crippen LogP contribution is -2.12. The van der Waals surface area contributed by atoms with Gasteiger partial charge in [0.15, 0.2) is 0 Å². The van der Waals surface area contributed by atoms with E-state index in [2.05, 4.69) is 6.92 Å². The lowest BCUT2D eigenvalue weighted by molar-refractivity contribution is 0.302. The number of thiocarbonyl (C=S) groups is 1. The zero-order valence-corrected chi connectivity index (χ0v) is 12.6. The van der Waals surface area contributed by atoms with Crippen LogP contribution in [0.3, 0.4) is 0 Å². The molecule has 1 rings (SSSR count). The van der Waals surface area contributed by atoms with Gasteiger partial charge in [-0.25, -0.2) is 0 Å². The van der Waals surface area contributed by atoms with Gasteiger partial charge in [-0.15, -0.1) is 0 Å². The Bertz CT molecular complexity index is 407. The number of methoxy groups -OCH3 is 1. The highest BCUT2D eigenvalue weighted by atomic mass is 32.1. The van der Waals surface area contributed by atoms with Crippen molar-refractivity contribution in [3.63, 3.8) is 0 Å². The molecular formula is C15H23NO2S. The summed E-state index contributed by atoms with van der Waals surface area (Å²) < 4.78 is 11.0. The SMILES string of the molecule is CCCCCCCOc1cc(OC)ccc1C(N)=S. The van der Waals surface area contributed by atoms with Crippen LogP contribution in [0.4, 0.5) is 0 Å². The van der Waals surface area contributed by atoms with Gasteiger partial charge in [-0.05, 0) is 18.6 Å². The van der Waals surface area contributed by atoms with Crippen LogP contribution in [0, 0.1) is 0 Å². The molecule has 0 amide bonds. The average molecular weight is 281 g/mol. The minimum Gasteiger partial charge on any atom is -0.497 e. The maximum absolute atomic E-state index is 5.77. The molecule has 4 heteroatoms. The quantitative estimate of drug-likeness (QED) is 0.554. The van der Waals surface area contributed by atoms with E-state index >= 15 is 0 Å². The molecule has 0 aliphatic rings. The van der Waals surface area contributed by atoms with E-state index in [4.69, 9.17) is 27.4 Å². The lowest BCUT2D eigenvalue weighted by atomic mass is 10.1. The van der Waals surface area contributed by atoms with Crippen molar-refractivity contribution in [1.29, 1.82) is 0 Å². The van der Waals surface area contributed by atoms with Crippen LogP contribution in [0.15, 0.2) is 18.2 Å². The van der Waals surface area contributed by atoms with Gasteiger partial charge >= 0.3 is 0 Å². The van der Waals surface area contributed by atoms with Crippen LogP contribution in [-0.2, 0) is 0 Å². The molecule has 19 heavy (non-hydrogen) atoms. The fourth-order valence-corrected chi connectivity index (χ4v) is 2.01. The summed E-state index contributed by atoms with van der Waals surface area (Å²) in [5, 5.41) is 0. The van der Waals surface area contributed by atoms with E-state index in [0.717, 1.165) is 17.7 Å². The second-order valence-corrected chi connectivity index (χ2v) is 4.93. The molecule has 0 spiro atoms. The summed E-state index contributed by atoms with van der Waals surface area (Å²) in [6, 6.07) is 5.51. The van der Waals surface area contributed by atoms with Crippen molar-refractivity contribution in [3.8, 4) is 11.5 Å². The predicted octanol–water partition coefficient (Wildman–Crippen LogP) is 3.68. The third kappa shape index (κ3) is 5.47. The molecule has 0 bridgehead atoms. The van der Waals surface area contributed by atoms with Crippen molar-refractivity contribution in [2.75, 3.05) is 13.7 Å². The minimum absolute atomic E-state index is 0.351. The Kier molecular flexibility index (Phi) is 7.26. The summed E-state index contributed by atoms with van der Waals surface area (Å²) in [5.41, 5.74) is 6.45. The van der Waals surface area contributed by atoms with Crippen molar-refractivity contribution in [2.45, 2.75) is 39.0 Å². The molecule has 0 aliphatic carbocycles. The van der Waals surface area contributed by atoms with E-state index in [1.54, 1.807) is 7.11 Å². The van der Waals surface area contributed by atoms with Crippen LogP contribution >= 0.6 is 12.2 Å². The molecule has 0 unspecified atom stereocenters. The van der Waals surface area contributed by atoms with Crippen molar-refractivity contribution in [2.24, 2.45) is 5.73 Å². The largest absolute Gasteiger partial charge is 0.497 e. The number of unbranched alkanes of at least 4 members (excludes halogenated alkanes) is 4. The van der Waals surface area contributed by atoms with Gasteiger partial charge in [-0.3, -0.25) is 0 Å². The molecule has 0 aromatic heterocycles. The first kappa shape index (κ1) is 15.8. The number of rotatable bonds is 9. The number of nitrogens with two attached hydrogens (primary N) is 1. The molecule has 1 aromatic carbocycles. The Morgan fingerprint density at radius 2 is 1.95 bits per heavy atom.